The van der Waals surface area contributed by atoms with Crippen LogP contribution in [0.25, 0.3) is 0 Å². The summed E-state index contributed by atoms with van der Waals surface area (Å²) in [5.74, 6) is 0.917. The Kier molecular flexibility index (Phi) is 7.47. The van der Waals surface area contributed by atoms with Gasteiger partial charge in [-0.05, 0) is 63.3 Å². The quantitative estimate of drug-likeness (QED) is 0.595. The van der Waals surface area contributed by atoms with Crippen molar-refractivity contribution in [3.63, 3.8) is 0 Å². The molecule has 0 spiro atoms. The molecule has 4 atom stereocenters. The summed E-state index contributed by atoms with van der Waals surface area (Å²) in [5.41, 5.74) is 1.93. The van der Waals surface area contributed by atoms with Gasteiger partial charge < -0.3 is 20.0 Å². The number of carbonyl (C=O) groups is 1. The third kappa shape index (κ3) is 5.48. The lowest BCUT2D eigenvalue weighted by atomic mass is 9.87. The SMILES string of the molecule is C[C@@H]1C[C@@H](O)c2ncnc(N3CCN(C(=O)C(c4ccc(Cl)cc4)C4CCCN4CC(C)(C)O)CC3)c21. The first-order valence-electron chi connectivity index (χ1n) is 13.4. The minimum atomic E-state index is -0.829. The molecule has 200 valence electrons. The highest BCUT2D eigenvalue weighted by Gasteiger charge is 2.41. The van der Waals surface area contributed by atoms with Crippen LogP contribution in [-0.2, 0) is 4.79 Å². The maximum Gasteiger partial charge on any atom is 0.231 e. The Morgan fingerprint density at radius 2 is 1.84 bits per heavy atom. The summed E-state index contributed by atoms with van der Waals surface area (Å²) in [4.78, 5) is 29.6. The number of anilines is 1. The van der Waals surface area contributed by atoms with Gasteiger partial charge in [0.2, 0.25) is 5.91 Å². The van der Waals surface area contributed by atoms with Crippen molar-refractivity contribution >= 4 is 23.3 Å². The van der Waals surface area contributed by atoms with Gasteiger partial charge in [0, 0.05) is 49.4 Å². The molecule has 2 saturated heterocycles. The van der Waals surface area contributed by atoms with E-state index in [1.807, 2.05) is 43.0 Å². The number of halogens is 1. The summed E-state index contributed by atoms with van der Waals surface area (Å²) in [5, 5.41) is 21.6. The number of aliphatic hydroxyl groups is 2. The predicted molar refractivity (Wildman–Crippen MR) is 144 cm³/mol. The molecule has 3 heterocycles. The standard InChI is InChI=1S/C28H38ClN5O3/c1-18-15-22(35)25-23(18)26(31-17-30-25)32-11-13-33(14-12-32)27(36)24(19-6-8-20(29)9-7-19)21-5-4-10-34(21)16-28(2,3)37/h6-9,17-18,21-22,24,35,37H,4-5,10-16H2,1-3H3/t18-,21?,22-,24?/m1/s1. The van der Waals surface area contributed by atoms with Gasteiger partial charge in [-0.2, -0.15) is 0 Å². The van der Waals surface area contributed by atoms with Crippen molar-refractivity contribution in [3.05, 3.63) is 52.4 Å². The van der Waals surface area contributed by atoms with Crippen LogP contribution in [0.1, 0.15) is 74.8 Å². The molecule has 8 nitrogen and oxygen atoms in total. The fourth-order valence-corrected chi connectivity index (χ4v) is 6.54. The van der Waals surface area contributed by atoms with Crippen molar-refractivity contribution in [2.45, 2.75) is 69.6 Å². The average Bonchev–Trinajstić information content (AvgIpc) is 3.42. The predicted octanol–water partition coefficient (Wildman–Crippen LogP) is 3.34. The molecule has 0 radical (unpaired) electrons. The highest BCUT2D eigenvalue weighted by atomic mass is 35.5. The zero-order valence-corrected chi connectivity index (χ0v) is 22.7. The van der Waals surface area contributed by atoms with Gasteiger partial charge in [0.15, 0.2) is 0 Å². The maximum atomic E-state index is 14.1. The Balaban J connectivity index is 1.35. The number of benzene rings is 1. The third-order valence-electron chi connectivity index (χ3n) is 8.05. The van der Waals surface area contributed by atoms with Crippen LogP contribution < -0.4 is 4.90 Å². The number of piperazine rings is 1. The monoisotopic (exact) mass is 527 g/mol. The van der Waals surface area contributed by atoms with Gasteiger partial charge in [-0.15, -0.1) is 0 Å². The van der Waals surface area contributed by atoms with E-state index < -0.39 is 11.7 Å². The smallest absolute Gasteiger partial charge is 0.231 e. The van der Waals surface area contributed by atoms with Crippen molar-refractivity contribution in [3.8, 4) is 0 Å². The Morgan fingerprint density at radius 3 is 2.51 bits per heavy atom. The highest BCUT2D eigenvalue weighted by Crippen LogP contribution is 2.43. The molecule has 9 heteroatoms. The number of fused-ring (bicyclic) bond motifs is 1. The van der Waals surface area contributed by atoms with E-state index in [0.717, 1.165) is 42.0 Å². The van der Waals surface area contributed by atoms with Gasteiger partial charge in [-0.1, -0.05) is 30.7 Å². The summed E-state index contributed by atoms with van der Waals surface area (Å²) in [6, 6.07) is 7.69. The topological polar surface area (TPSA) is 93.0 Å². The maximum absolute atomic E-state index is 14.1. The number of carbonyl (C=O) groups excluding carboxylic acids is 1. The van der Waals surface area contributed by atoms with Gasteiger partial charge >= 0.3 is 0 Å². The molecule has 5 rings (SSSR count). The number of amides is 1. The van der Waals surface area contributed by atoms with Gasteiger partial charge in [0.1, 0.15) is 12.1 Å². The molecular weight excluding hydrogens is 490 g/mol. The number of nitrogens with zero attached hydrogens (tertiary/aromatic N) is 5. The van der Waals surface area contributed by atoms with E-state index >= 15 is 0 Å². The molecule has 2 aliphatic heterocycles. The van der Waals surface area contributed by atoms with E-state index in [0.29, 0.717) is 44.2 Å². The molecule has 37 heavy (non-hydrogen) atoms. The molecule has 2 N–H and O–H groups in total. The molecule has 0 saturated carbocycles. The number of β-amino-alcohol motifs (C(OH)–C–C–N with tert-alkyl or cyclic N) is 1. The van der Waals surface area contributed by atoms with Crippen molar-refractivity contribution in [2.24, 2.45) is 0 Å². The molecule has 2 unspecified atom stereocenters. The zero-order valence-electron chi connectivity index (χ0n) is 22.0. The lowest BCUT2D eigenvalue weighted by molar-refractivity contribution is -0.135. The van der Waals surface area contributed by atoms with Crippen molar-refractivity contribution < 1.29 is 15.0 Å². The minimum Gasteiger partial charge on any atom is -0.389 e. The van der Waals surface area contributed by atoms with Crippen LogP contribution in [0, 0.1) is 0 Å². The van der Waals surface area contributed by atoms with E-state index in [1.54, 1.807) is 6.33 Å². The highest BCUT2D eigenvalue weighted by molar-refractivity contribution is 6.30. The number of aliphatic hydroxyl groups excluding tert-OH is 1. The number of aromatic nitrogens is 2. The van der Waals surface area contributed by atoms with Crippen LogP contribution >= 0.6 is 11.6 Å². The van der Waals surface area contributed by atoms with Gasteiger partial charge in [0.05, 0.1) is 23.3 Å². The van der Waals surface area contributed by atoms with Crippen LogP contribution in [0.4, 0.5) is 5.82 Å². The summed E-state index contributed by atoms with van der Waals surface area (Å²) < 4.78 is 0. The Hall–Kier alpha value is -2.26. The second kappa shape index (κ2) is 10.5. The van der Waals surface area contributed by atoms with Gasteiger partial charge in [0.25, 0.3) is 0 Å². The first kappa shape index (κ1) is 26.4. The minimum absolute atomic E-state index is 0.0330. The first-order valence-corrected chi connectivity index (χ1v) is 13.8. The Labute approximate surface area is 224 Å². The van der Waals surface area contributed by atoms with Crippen LogP contribution in [0.2, 0.25) is 5.02 Å². The second-order valence-electron chi connectivity index (χ2n) is 11.5. The summed E-state index contributed by atoms with van der Waals surface area (Å²) in [6.07, 6.45) is 3.61. The van der Waals surface area contributed by atoms with E-state index in [1.165, 1.54) is 0 Å². The lowest BCUT2D eigenvalue weighted by Gasteiger charge is -2.40. The fraction of sp³-hybridized carbons (Fsp3) is 0.607. The molecule has 3 aliphatic rings. The van der Waals surface area contributed by atoms with E-state index in [9.17, 15) is 15.0 Å². The van der Waals surface area contributed by atoms with Gasteiger partial charge in [-0.25, -0.2) is 9.97 Å². The first-order chi connectivity index (χ1) is 17.6. The molecular formula is C28H38ClN5O3. The largest absolute Gasteiger partial charge is 0.389 e. The second-order valence-corrected chi connectivity index (χ2v) is 11.9. The van der Waals surface area contributed by atoms with Crippen LogP contribution in [0.3, 0.4) is 0 Å². The Morgan fingerprint density at radius 1 is 1.14 bits per heavy atom. The molecule has 1 aromatic heterocycles. The third-order valence-corrected chi connectivity index (χ3v) is 8.31. The lowest BCUT2D eigenvalue weighted by Crippen LogP contribution is -2.53. The number of likely N-dealkylation sites (tertiary alicyclic amines) is 1. The van der Waals surface area contributed by atoms with E-state index in [4.69, 9.17) is 11.6 Å². The van der Waals surface area contributed by atoms with Crippen LogP contribution in [-0.4, -0.2) is 86.8 Å². The number of hydrogen-bond donors (Lipinski definition) is 2. The van der Waals surface area contributed by atoms with E-state index in [2.05, 4.69) is 26.7 Å². The van der Waals surface area contributed by atoms with Crippen LogP contribution in [0.5, 0.6) is 0 Å². The van der Waals surface area contributed by atoms with Crippen molar-refractivity contribution in [2.75, 3.05) is 44.2 Å². The van der Waals surface area contributed by atoms with Crippen molar-refractivity contribution in [1.82, 2.24) is 19.8 Å². The average molecular weight is 528 g/mol. The van der Waals surface area contributed by atoms with Crippen molar-refractivity contribution in [1.29, 1.82) is 0 Å². The molecule has 2 aromatic rings. The summed E-state index contributed by atoms with van der Waals surface area (Å²) >= 11 is 6.18. The molecule has 1 amide bonds. The molecule has 1 aliphatic carbocycles. The molecule has 2 fully saturated rings. The number of rotatable bonds is 6. The van der Waals surface area contributed by atoms with Gasteiger partial charge in [-0.3, -0.25) is 9.69 Å². The normalized spacial score (nSPS) is 25.4. The fourth-order valence-electron chi connectivity index (χ4n) is 6.41. The zero-order chi connectivity index (χ0) is 26.3. The molecule has 0 bridgehead atoms. The summed E-state index contributed by atoms with van der Waals surface area (Å²) in [7, 11) is 0. The van der Waals surface area contributed by atoms with Crippen LogP contribution in [0.15, 0.2) is 30.6 Å². The molecule has 1 aromatic carbocycles. The number of hydrogen-bond acceptors (Lipinski definition) is 7. The summed E-state index contributed by atoms with van der Waals surface area (Å²) in [6.45, 7) is 9.75. The Bertz CT molecular complexity index is 1110. The van der Waals surface area contributed by atoms with E-state index in [-0.39, 0.29) is 23.8 Å².